The van der Waals surface area contributed by atoms with E-state index in [-0.39, 0.29) is 6.79 Å². The highest BCUT2D eigenvalue weighted by atomic mass is 16.7. The van der Waals surface area contributed by atoms with Crippen molar-refractivity contribution in [1.29, 1.82) is 0 Å². The molecule has 0 amide bonds. The van der Waals surface area contributed by atoms with Gasteiger partial charge in [0.2, 0.25) is 6.79 Å². The molecule has 0 fully saturated rings. The Balaban J connectivity index is 1.60. The van der Waals surface area contributed by atoms with E-state index in [1.807, 2.05) is 0 Å². The summed E-state index contributed by atoms with van der Waals surface area (Å²) >= 11 is 0. The topological polar surface area (TPSA) is 65.0 Å². The first-order valence-electron chi connectivity index (χ1n) is 10.00. The van der Waals surface area contributed by atoms with Crippen LogP contribution in [0.25, 0.3) is 0 Å². The number of aliphatic carboxylic acids is 1. The lowest BCUT2D eigenvalue weighted by Crippen LogP contribution is -2.26. The van der Waals surface area contributed by atoms with Gasteiger partial charge in [-0.2, -0.15) is 0 Å². The summed E-state index contributed by atoms with van der Waals surface area (Å²) < 4.78 is 16.2. The number of ether oxygens (including phenoxy) is 3. The zero-order valence-corrected chi connectivity index (χ0v) is 15.9. The van der Waals surface area contributed by atoms with Crippen molar-refractivity contribution in [2.24, 2.45) is 0 Å². The molecule has 0 saturated carbocycles. The van der Waals surface area contributed by atoms with E-state index in [0.29, 0.717) is 23.7 Å². The SMILES string of the molecule is CCCCCCCCCCCCC(Oc1ccc2c(c1)OCO2)C(=O)O. The van der Waals surface area contributed by atoms with Crippen LogP contribution in [0.4, 0.5) is 0 Å². The lowest BCUT2D eigenvalue weighted by atomic mass is 10.0. The highest BCUT2D eigenvalue weighted by Gasteiger charge is 2.21. The molecule has 1 unspecified atom stereocenters. The van der Waals surface area contributed by atoms with Gasteiger partial charge in [0.15, 0.2) is 17.6 Å². The molecule has 1 N–H and O–H groups in total. The smallest absolute Gasteiger partial charge is 0.344 e. The predicted octanol–water partition coefficient (Wildman–Crippen LogP) is 5.56. The van der Waals surface area contributed by atoms with E-state index in [9.17, 15) is 9.90 Å². The van der Waals surface area contributed by atoms with E-state index in [2.05, 4.69) is 6.92 Å². The standard InChI is InChI=1S/C21H32O5/c1-2-3-4-5-6-7-8-9-10-11-12-19(21(22)23)26-17-13-14-18-20(15-17)25-16-24-18/h13-15,19H,2-12,16H2,1H3,(H,22,23). The van der Waals surface area contributed by atoms with Crippen molar-refractivity contribution < 1.29 is 24.1 Å². The van der Waals surface area contributed by atoms with Gasteiger partial charge < -0.3 is 19.3 Å². The maximum absolute atomic E-state index is 11.4. The number of benzene rings is 1. The zero-order chi connectivity index (χ0) is 18.6. The number of carboxylic acids is 1. The van der Waals surface area contributed by atoms with Crippen molar-refractivity contribution in [3.05, 3.63) is 18.2 Å². The molecule has 0 saturated heterocycles. The minimum absolute atomic E-state index is 0.194. The normalized spacial score (nSPS) is 13.6. The van der Waals surface area contributed by atoms with Gasteiger partial charge in [-0.05, 0) is 25.0 Å². The Morgan fingerprint density at radius 1 is 1.00 bits per heavy atom. The average molecular weight is 364 g/mol. The number of fused-ring (bicyclic) bond motifs is 1. The number of carboxylic acid groups (broad SMARTS) is 1. The largest absolute Gasteiger partial charge is 0.479 e. The Morgan fingerprint density at radius 3 is 2.27 bits per heavy atom. The molecule has 1 aromatic carbocycles. The van der Waals surface area contributed by atoms with E-state index in [1.54, 1.807) is 18.2 Å². The molecule has 1 heterocycles. The van der Waals surface area contributed by atoms with E-state index < -0.39 is 12.1 Å². The molecule has 1 aliphatic heterocycles. The van der Waals surface area contributed by atoms with Gasteiger partial charge >= 0.3 is 5.97 Å². The summed E-state index contributed by atoms with van der Waals surface area (Å²) in [6.07, 6.45) is 12.0. The number of rotatable bonds is 14. The van der Waals surface area contributed by atoms with Crippen LogP contribution < -0.4 is 14.2 Å². The quantitative estimate of drug-likeness (QED) is 0.438. The molecule has 146 valence electrons. The van der Waals surface area contributed by atoms with Crippen LogP contribution in [0.5, 0.6) is 17.2 Å². The van der Waals surface area contributed by atoms with Crippen molar-refractivity contribution >= 4 is 5.97 Å². The third-order valence-electron chi connectivity index (χ3n) is 4.72. The fourth-order valence-corrected chi connectivity index (χ4v) is 3.16. The third-order valence-corrected chi connectivity index (χ3v) is 4.72. The summed E-state index contributed by atoms with van der Waals surface area (Å²) in [7, 11) is 0. The summed E-state index contributed by atoms with van der Waals surface area (Å²) in [6, 6.07) is 5.16. The summed E-state index contributed by atoms with van der Waals surface area (Å²) in [5.74, 6) is 0.858. The van der Waals surface area contributed by atoms with Crippen molar-refractivity contribution in [2.45, 2.75) is 83.7 Å². The van der Waals surface area contributed by atoms with Gasteiger partial charge in [0.05, 0.1) is 0 Å². The first-order valence-corrected chi connectivity index (χ1v) is 10.00. The van der Waals surface area contributed by atoms with Crippen LogP contribution in [-0.4, -0.2) is 24.0 Å². The van der Waals surface area contributed by atoms with Crippen LogP contribution in [0.2, 0.25) is 0 Å². The predicted molar refractivity (Wildman–Crippen MR) is 101 cm³/mol. The van der Waals surface area contributed by atoms with Gasteiger partial charge in [0, 0.05) is 6.07 Å². The van der Waals surface area contributed by atoms with Crippen molar-refractivity contribution in [1.82, 2.24) is 0 Å². The van der Waals surface area contributed by atoms with Gasteiger partial charge in [-0.1, -0.05) is 64.7 Å². The summed E-state index contributed by atoms with van der Waals surface area (Å²) in [6.45, 7) is 2.43. The molecule has 5 nitrogen and oxygen atoms in total. The molecule has 1 aromatic rings. The molecular weight excluding hydrogens is 332 g/mol. The molecule has 1 aliphatic rings. The van der Waals surface area contributed by atoms with Crippen LogP contribution in [0.15, 0.2) is 18.2 Å². The van der Waals surface area contributed by atoms with E-state index in [4.69, 9.17) is 14.2 Å². The summed E-state index contributed by atoms with van der Waals surface area (Å²) in [5.41, 5.74) is 0. The molecule has 0 spiro atoms. The second kappa shape index (κ2) is 11.7. The van der Waals surface area contributed by atoms with Crippen LogP contribution in [0.1, 0.15) is 77.6 Å². The molecule has 5 heteroatoms. The molecule has 2 rings (SSSR count). The van der Waals surface area contributed by atoms with Crippen LogP contribution in [0, 0.1) is 0 Å². The Bertz CT molecular complexity index is 543. The van der Waals surface area contributed by atoms with E-state index in [0.717, 1.165) is 12.8 Å². The van der Waals surface area contributed by atoms with Crippen molar-refractivity contribution in [3.8, 4) is 17.2 Å². The number of unbranched alkanes of at least 4 members (excludes halogenated alkanes) is 9. The summed E-state index contributed by atoms with van der Waals surface area (Å²) in [4.78, 5) is 11.4. The van der Waals surface area contributed by atoms with Gasteiger partial charge in [0.1, 0.15) is 5.75 Å². The van der Waals surface area contributed by atoms with Gasteiger partial charge in [-0.3, -0.25) is 0 Å². The highest BCUT2D eigenvalue weighted by molar-refractivity contribution is 5.72. The molecule has 26 heavy (non-hydrogen) atoms. The average Bonchev–Trinajstić information content (AvgIpc) is 3.10. The van der Waals surface area contributed by atoms with E-state index in [1.165, 1.54) is 51.4 Å². The zero-order valence-electron chi connectivity index (χ0n) is 15.9. The molecule has 0 aliphatic carbocycles. The first kappa shape index (κ1) is 20.4. The summed E-state index contributed by atoms with van der Waals surface area (Å²) in [5, 5.41) is 9.39. The van der Waals surface area contributed by atoms with Gasteiger partial charge in [0.25, 0.3) is 0 Å². The lowest BCUT2D eigenvalue weighted by molar-refractivity contribution is -0.145. The maximum Gasteiger partial charge on any atom is 0.344 e. The van der Waals surface area contributed by atoms with Crippen molar-refractivity contribution in [2.75, 3.05) is 6.79 Å². The van der Waals surface area contributed by atoms with Crippen LogP contribution >= 0.6 is 0 Å². The number of hydrogen-bond acceptors (Lipinski definition) is 4. The highest BCUT2D eigenvalue weighted by Crippen LogP contribution is 2.35. The Labute approximate surface area is 156 Å². The molecule has 0 aromatic heterocycles. The Morgan fingerprint density at radius 2 is 1.62 bits per heavy atom. The van der Waals surface area contributed by atoms with Crippen LogP contribution in [-0.2, 0) is 4.79 Å². The minimum Gasteiger partial charge on any atom is -0.479 e. The Kier molecular flexibility index (Phi) is 9.15. The second-order valence-electron chi connectivity index (χ2n) is 6.93. The molecule has 0 bridgehead atoms. The molecule has 1 atom stereocenters. The first-order chi connectivity index (χ1) is 12.7. The fourth-order valence-electron chi connectivity index (χ4n) is 3.16. The number of carbonyl (C=O) groups is 1. The molecule has 0 radical (unpaired) electrons. The van der Waals surface area contributed by atoms with Gasteiger partial charge in [-0.15, -0.1) is 0 Å². The lowest BCUT2D eigenvalue weighted by Gasteiger charge is -2.15. The number of hydrogen-bond donors (Lipinski definition) is 1. The maximum atomic E-state index is 11.4. The van der Waals surface area contributed by atoms with Crippen LogP contribution in [0.3, 0.4) is 0 Å². The Hall–Kier alpha value is -1.91. The monoisotopic (exact) mass is 364 g/mol. The van der Waals surface area contributed by atoms with Crippen molar-refractivity contribution in [3.63, 3.8) is 0 Å². The second-order valence-corrected chi connectivity index (χ2v) is 6.93. The molecular formula is C21H32O5. The fraction of sp³-hybridized carbons (Fsp3) is 0.667. The minimum atomic E-state index is -0.918. The van der Waals surface area contributed by atoms with E-state index >= 15 is 0 Å². The van der Waals surface area contributed by atoms with Gasteiger partial charge in [-0.25, -0.2) is 4.79 Å². The third kappa shape index (κ3) is 7.14.